The molecule has 0 aliphatic heterocycles. The summed E-state index contributed by atoms with van der Waals surface area (Å²) in [5, 5.41) is 11.1. The Morgan fingerprint density at radius 1 is 1.26 bits per heavy atom. The van der Waals surface area contributed by atoms with Crippen molar-refractivity contribution in [3.8, 4) is 0 Å². The van der Waals surface area contributed by atoms with Crippen molar-refractivity contribution in [2.24, 2.45) is 0 Å². The van der Waals surface area contributed by atoms with Crippen LogP contribution >= 0.6 is 15.9 Å². The van der Waals surface area contributed by atoms with Crippen LogP contribution in [0.15, 0.2) is 22.7 Å². The Morgan fingerprint density at radius 2 is 1.84 bits per heavy atom. The highest BCUT2D eigenvalue weighted by atomic mass is 79.9. The standard InChI is InChI=1S/C12H17BrN2O4/c1-18-7-5-14(6-8-19-2)11-4-3-10(13)9-12(11)15(16)17/h3-4,9H,5-8H2,1-2H3. The zero-order valence-corrected chi connectivity index (χ0v) is 12.6. The summed E-state index contributed by atoms with van der Waals surface area (Å²) in [5.41, 5.74) is 0.642. The molecule has 0 spiro atoms. The number of benzene rings is 1. The van der Waals surface area contributed by atoms with Crippen molar-refractivity contribution >= 4 is 27.3 Å². The number of rotatable bonds is 8. The number of nitro benzene ring substituents is 1. The van der Waals surface area contributed by atoms with Crippen LogP contribution in [0.25, 0.3) is 0 Å². The number of methoxy groups -OCH3 is 2. The van der Waals surface area contributed by atoms with Gasteiger partial charge < -0.3 is 14.4 Å². The predicted octanol–water partition coefficient (Wildman–Crippen LogP) is 2.46. The highest BCUT2D eigenvalue weighted by Crippen LogP contribution is 2.31. The molecule has 1 aromatic carbocycles. The SMILES string of the molecule is COCCN(CCOC)c1ccc(Br)cc1[N+](=O)[O-]. The molecule has 19 heavy (non-hydrogen) atoms. The molecule has 6 nitrogen and oxygen atoms in total. The number of halogens is 1. The molecule has 0 aromatic heterocycles. The van der Waals surface area contributed by atoms with E-state index in [1.807, 2.05) is 4.90 Å². The number of hydrogen-bond acceptors (Lipinski definition) is 5. The fraction of sp³-hybridized carbons (Fsp3) is 0.500. The summed E-state index contributed by atoms with van der Waals surface area (Å²) in [6.45, 7) is 2.14. The summed E-state index contributed by atoms with van der Waals surface area (Å²) in [5.74, 6) is 0. The van der Waals surface area contributed by atoms with E-state index >= 15 is 0 Å². The van der Waals surface area contributed by atoms with Crippen LogP contribution in [0, 0.1) is 10.1 Å². The molecule has 0 saturated carbocycles. The maximum atomic E-state index is 11.1. The lowest BCUT2D eigenvalue weighted by Crippen LogP contribution is -2.31. The van der Waals surface area contributed by atoms with E-state index in [9.17, 15) is 10.1 Å². The monoisotopic (exact) mass is 332 g/mol. The summed E-state index contributed by atoms with van der Waals surface area (Å²) < 4.78 is 10.8. The lowest BCUT2D eigenvalue weighted by Gasteiger charge is -2.23. The molecule has 0 radical (unpaired) electrons. The fourth-order valence-electron chi connectivity index (χ4n) is 1.67. The second-order valence-electron chi connectivity index (χ2n) is 3.86. The van der Waals surface area contributed by atoms with Gasteiger partial charge in [0.25, 0.3) is 5.69 Å². The third-order valence-electron chi connectivity index (χ3n) is 2.61. The van der Waals surface area contributed by atoms with Crippen molar-refractivity contribution in [2.75, 3.05) is 45.4 Å². The first-order valence-corrected chi connectivity index (χ1v) is 6.56. The predicted molar refractivity (Wildman–Crippen MR) is 76.8 cm³/mol. The van der Waals surface area contributed by atoms with Crippen LogP contribution < -0.4 is 4.90 Å². The molecule has 0 bridgehead atoms. The molecule has 1 rings (SSSR count). The van der Waals surface area contributed by atoms with Crippen molar-refractivity contribution in [3.05, 3.63) is 32.8 Å². The lowest BCUT2D eigenvalue weighted by molar-refractivity contribution is -0.384. The molecule has 0 atom stereocenters. The van der Waals surface area contributed by atoms with Crippen LogP contribution in [0.3, 0.4) is 0 Å². The third-order valence-corrected chi connectivity index (χ3v) is 3.10. The van der Waals surface area contributed by atoms with Gasteiger partial charge >= 0.3 is 0 Å². The highest BCUT2D eigenvalue weighted by Gasteiger charge is 2.19. The van der Waals surface area contributed by atoms with E-state index in [4.69, 9.17) is 9.47 Å². The van der Waals surface area contributed by atoms with Gasteiger partial charge in [-0.3, -0.25) is 10.1 Å². The van der Waals surface area contributed by atoms with Crippen LogP contribution in [0.5, 0.6) is 0 Å². The molecule has 0 heterocycles. The van der Waals surface area contributed by atoms with E-state index in [2.05, 4.69) is 15.9 Å². The number of nitrogens with zero attached hydrogens (tertiary/aromatic N) is 2. The molecule has 106 valence electrons. The molecule has 0 aliphatic carbocycles. The topological polar surface area (TPSA) is 64.8 Å². The molecule has 0 saturated heterocycles. The lowest BCUT2D eigenvalue weighted by atomic mass is 10.2. The fourth-order valence-corrected chi connectivity index (χ4v) is 2.01. The number of ether oxygens (including phenoxy) is 2. The van der Waals surface area contributed by atoms with Crippen LogP contribution in [0.4, 0.5) is 11.4 Å². The highest BCUT2D eigenvalue weighted by molar-refractivity contribution is 9.10. The Labute approximate surface area is 120 Å². The van der Waals surface area contributed by atoms with Gasteiger partial charge in [-0.25, -0.2) is 0 Å². The first kappa shape index (κ1) is 15.9. The summed E-state index contributed by atoms with van der Waals surface area (Å²) in [6.07, 6.45) is 0. The van der Waals surface area contributed by atoms with Crippen molar-refractivity contribution < 1.29 is 14.4 Å². The van der Waals surface area contributed by atoms with Crippen LogP contribution in [-0.2, 0) is 9.47 Å². The minimum absolute atomic E-state index is 0.0709. The van der Waals surface area contributed by atoms with Gasteiger partial charge in [0.15, 0.2) is 0 Å². The third kappa shape index (κ3) is 4.77. The second kappa shape index (κ2) is 8.08. The Hall–Kier alpha value is -1.18. The van der Waals surface area contributed by atoms with E-state index < -0.39 is 0 Å². The Bertz CT molecular complexity index is 420. The quantitative estimate of drug-likeness (QED) is 0.540. The van der Waals surface area contributed by atoms with Gasteiger partial charge in [0.1, 0.15) is 5.69 Å². The Morgan fingerprint density at radius 3 is 2.32 bits per heavy atom. The molecular formula is C12H17BrN2O4. The molecule has 0 fully saturated rings. The average Bonchev–Trinajstić information content (AvgIpc) is 2.39. The van der Waals surface area contributed by atoms with E-state index in [1.165, 1.54) is 6.07 Å². The molecule has 0 aliphatic rings. The Kier molecular flexibility index (Phi) is 6.75. The second-order valence-corrected chi connectivity index (χ2v) is 4.78. The van der Waals surface area contributed by atoms with Gasteiger partial charge in [0.2, 0.25) is 0 Å². The molecule has 0 amide bonds. The average molecular weight is 333 g/mol. The maximum absolute atomic E-state index is 11.1. The normalized spacial score (nSPS) is 10.5. The molecule has 1 aromatic rings. The van der Waals surface area contributed by atoms with Gasteiger partial charge in [-0.05, 0) is 12.1 Å². The van der Waals surface area contributed by atoms with E-state index in [0.717, 1.165) is 0 Å². The maximum Gasteiger partial charge on any atom is 0.293 e. The van der Waals surface area contributed by atoms with Crippen LogP contribution in [0.1, 0.15) is 0 Å². The van der Waals surface area contributed by atoms with Gasteiger partial charge in [-0.1, -0.05) is 15.9 Å². The minimum atomic E-state index is -0.382. The summed E-state index contributed by atoms with van der Waals surface area (Å²) in [6, 6.07) is 5.02. The molecule has 0 unspecified atom stereocenters. The molecular weight excluding hydrogens is 316 g/mol. The smallest absolute Gasteiger partial charge is 0.293 e. The van der Waals surface area contributed by atoms with Gasteiger partial charge in [-0.15, -0.1) is 0 Å². The zero-order chi connectivity index (χ0) is 14.3. The summed E-state index contributed by atoms with van der Waals surface area (Å²) in [7, 11) is 3.20. The van der Waals surface area contributed by atoms with Gasteiger partial charge in [0, 0.05) is 37.8 Å². The summed E-state index contributed by atoms with van der Waals surface area (Å²) in [4.78, 5) is 12.6. The van der Waals surface area contributed by atoms with Crippen LogP contribution in [-0.4, -0.2) is 45.4 Å². The van der Waals surface area contributed by atoms with E-state index in [1.54, 1.807) is 26.4 Å². The molecule has 0 N–H and O–H groups in total. The van der Waals surface area contributed by atoms with E-state index in [-0.39, 0.29) is 10.6 Å². The largest absolute Gasteiger partial charge is 0.383 e. The van der Waals surface area contributed by atoms with Crippen molar-refractivity contribution in [1.29, 1.82) is 0 Å². The minimum Gasteiger partial charge on any atom is -0.383 e. The van der Waals surface area contributed by atoms with Crippen molar-refractivity contribution in [3.63, 3.8) is 0 Å². The van der Waals surface area contributed by atoms with Crippen LogP contribution in [0.2, 0.25) is 0 Å². The van der Waals surface area contributed by atoms with Crippen molar-refractivity contribution in [2.45, 2.75) is 0 Å². The number of hydrogen-bond donors (Lipinski definition) is 0. The first-order chi connectivity index (χ1) is 9.10. The Balaban J connectivity index is 3.02. The first-order valence-electron chi connectivity index (χ1n) is 5.77. The van der Waals surface area contributed by atoms with Gasteiger partial charge in [-0.2, -0.15) is 0 Å². The van der Waals surface area contributed by atoms with Gasteiger partial charge in [0.05, 0.1) is 18.1 Å². The summed E-state index contributed by atoms with van der Waals surface area (Å²) >= 11 is 3.25. The van der Waals surface area contributed by atoms with Crippen molar-refractivity contribution in [1.82, 2.24) is 0 Å². The number of nitro groups is 1. The zero-order valence-electron chi connectivity index (χ0n) is 11.0. The van der Waals surface area contributed by atoms with E-state index in [0.29, 0.717) is 36.5 Å². The molecule has 7 heteroatoms. The number of anilines is 1.